The number of esters is 1. The summed E-state index contributed by atoms with van der Waals surface area (Å²) >= 11 is 0. The van der Waals surface area contributed by atoms with Crippen molar-refractivity contribution in [2.24, 2.45) is 11.3 Å². The molecule has 0 radical (unpaired) electrons. The van der Waals surface area contributed by atoms with E-state index in [1.54, 1.807) is 31.2 Å². The summed E-state index contributed by atoms with van der Waals surface area (Å²) in [6, 6.07) is 14.1. The normalized spacial score (nSPS) is 19.8. The number of amides is 4. The Balaban J connectivity index is 1.22. The highest BCUT2D eigenvalue weighted by molar-refractivity contribution is 6.19. The van der Waals surface area contributed by atoms with Gasteiger partial charge in [0.2, 0.25) is 11.8 Å². The number of ether oxygens (including phenoxy) is 2. The summed E-state index contributed by atoms with van der Waals surface area (Å²) in [5, 5.41) is 28.7. The van der Waals surface area contributed by atoms with Crippen LogP contribution in [0.3, 0.4) is 0 Å². The minimum Gasteiger partial charge on any atom is -0.508 e. The maximum atomic E-state index is 13.1. The molecule has 3 heterocycles. The SMILES string of the molecule is CCC(C)C1(CCCC(=O)CNCc2c(O)ccc3c2Oc2cc(O)ccc2CC32OC(=O)c3ccccc32)C(=O)NC(=O)NC1=O. The number of nitrogens with one attached hydrogen (secondary N) is 3. The molecule has 0 bridgehead atoms. The molecule has 1 spiro atoms. The number of ketones is 1. The van der Waals surface area contributed by atoms with Crippen LogP contribution in [0.25, 0.3) is 0 Å². The van der Waals surface area contributed by atoms with Crippen molar-refractivity contribution in [3.05, 3.63) is 82.4 Å². The number of phenolic OH excluding ortho intramolecular Hbond substituents is 2. The number of fused-ring (bicyclic) bond motifs is 5. The molecule has 12 nitrogen and oxygen atoms in total. The third-order valence-corrected chi connectivity index (χ3v) is 9.59. The topological polar surface area (TPSA) is 180 Å². The van der Waals surface area contributed by atoms with Crippen LogP contribution in [0.5, 0.6) is 23.0 Å². The molecule has 1 saturated heterocycles. The van der Waals surface area contributed by atoms with Crippen LogP contribution in [-0.4, -0.2) is 46.4 Å². The second-order valence-electron chi connectivity index (χ2n) is 12.3. The van der Waals surface area contributed by atoms with Gasteiger partial charge in [0.25, 0.3) is 0 Å². The van der Waals surface area contributed by atoms with E-state index >= 15 is 0 Å². The minimum absolute atomic E-state index is 0.00426. The molecule has 0 aliphatic carbocycles. The van der Waals surface area contributed by atoms with Gasteiger partial charge in [0, 0.05) is 36.6 Å². The first-order valence-electron chi connectivity index (χ1n) is 15.6. The Morgan fingerprint density at radius 2 is 1.74 bits per heavy atom. The molecule has 3 aliphatic rings. The van der Waals surface area contributed by atoms with Crippen molar-refractivity contribution < 1.29 is 43.7 Å². The smallest absolute Gasteiger partial charge is 0.339 e. The number of rotatable bonds is 10. The van der Waals surface area contributed by atoms with E-state index in [4.69, 9.17) is 9.47 Å². The van der Waals surface area contributed by atoms with E-state index in [1.165, 1.54) is 18.2 Å². The van der Waals surface area contributed by atoms with Crippen LogP contribution in [0.15, 0.2) is 54.6 Å². The zero-order valence-electron chi connectivity index (χ0n) is 26.0. The van der Waals surface area contributed by atoms with Crippen LogP contribution >= 0.6 is 0 Å². The number of phenols is 2. The second-order valence-corrected chi connectivity index (χ2v) is 12.3. The number of Topliss-reactive ketones (excluding diaryl/α,β-unsaturated/α-hetero) is 1. The van der Waals surface area contributed by atoms with Crippen LogP contribution in [0, 0.1) is 11.3 Å². The van der Waals surface area contributed by atoms with Crippen LogP contribution in [0.2, 0.25) is 0 Å². The minimum atomic E-state index is -1.45. The quantitative estimate of drug-likeness (QED) is 0.160. The fourth-order valence-electron chi connectivity index (χ4n) is 6.91. The van der Waals surface area contributed by atoms with Crippen molar-refractivity contribution in [1.82, 2.24) is 16.0 Å². The predicted octanol–water partition coefficient (Wildman–Crippen LogP) is 4.09. The number of imide groups is 2. The fourth-order valence-corrected chi connectivity index (χ4v) is 6.91. The van der Waals surface area contributed by atoms with Gasteiger partial charge in [-0.2, -0.15) is 0 Å². The summed E-state index contributed by atoms with van der Waals surface area (Å²) < 4.78 is 12.5. The van der Waals surface area contributed by atoms with E-state index in [1.807, 2.05) is 19.1 Å². The summed E-state index contributed by atoms with van der Waals surface area (Å²) in [5.41, 5.74) is -0.148. The standard InChI is InChI=1S/C35H35N3O9/c1-3-19(2)34(31(43)37-33(45)38-32(34)44)14-6-7-22(40)17-36-18-24-27(41)13-12-26-29(24)46-28-15-21(39)11-10-20(28)16-35(26)25-9-5-4-8-23(25)30(42)47-35/h4-5,8-13,15,19,36,39,41H,3,6-7,14,16-18H2,1-2H3,(H2,37,38,43,44,45). The first-order valence-corrected chi connectivity index (χ1v) is 15.6. The number of benzene rings is 3. The van der Waals surface area contributed by atoms with Gasteiger partial charge in [-0.25, -0.2) is 9.59 Å². The zero-order valence-corrected chi connectivity index (χ0v) is 26.0. The lowest BCUT2D eigenvalue weighted by atomic mass is 9.69. The number of urea groups is 1. The fraction of sp³-hybridized carbons (Fsp3) is 0.343. The van der Waals surface area contributed by atoms with Crippen LogP contribution in [0.4, 0.5) is 4.79 Å². The van der Waals surface area contributed by atoms with Gasteiger partial charge in [0.1, 0.15) is 34.2 Å². The van der Waals surface area contributed by atoms with Crippen molar-refractivity contribution in [1.29, 1.82) is 0 Å². The molecule has 5 N–H and O–H groups in total. The first-order chi connectivity index (χ1) is 22.5. The Hall–Kier alpha value is -5.23. The second kappa shape index (κ2) is 12.2. The van der Waals surface area contributed by atoms with Gasteiger partial charge < -0.3 is 25.0 Å². The lowest BCUT2D eigenvalue weighted by Gasteiger charge is -2.38. The molecular formula is C35H35N3O9. The van der Waals surface area contributed by atoms with Gasteiger partial charge in [0.15, 0.2) is 5.60 Å². The van der Waals surface area contributed by atoms with Crippen molar-refractivity contribution in [3.63, 3.8) is 0 Å². The molecule has 12 heteroatoms. The van der Waals surface area contributed by atoms with E-state index < -0.39 is 34.8 Å². The third-order valence-electron chi connectivity index (χ3n) is 9.59. The van der Waals surface area contributed by atoms with Crippen molar-refractivity contribution in [2.75, 3.05) is 6.54 Å². The highest BCUT2D eigenvalue weighted by Crippen LogP contribution is 2.53. The number of carbonyl (C=O) groups excluding carboxylic acids is 5. The number of barbiturate groups is 1. The Kier molecular flexibility index (Phi) is 8.22. The lowest BCUT2D eigenvalue weighted by molar-refractivity contribution is -0.149. The van der Waals surface area contributed by atoms with Gasteiger partial charge in [-0.3, -0.25) is 25.0 Å². The Labute approximate surface area is 270 Å². The molecule has 0 saturated carbocycles. The molecule has 1 fully saturated rings. The van der Waals surface area contributed by atoms with Gasteiger partial charge in [0.05, 0.1) is 17.7 Å². The van der Waals surface area contributed by atoms with E-state index in [2.05, 4.69) is 16.0 Å². The molecule has 6 rings (SSSR count). The Bertz CT molecular complexity index is 1800. The van der Waals surface area contributed by atoms with Crippen molar-refractivity contribution in [2.45, 2.75) is 58.1 Å². The Morgan fingerprint density at radius 3 is 2.49 bits per heavy atom. The average molecular weight is 642 g/mol. The van der Waals surface area contributed by atoms with Crippen LogP contribution in [0.1, 0.15) is 72.1 Å². The third kappa shape index (κ3) is 5.38. The number of hydrogen-bond donors (Lipinski definition) is 5. The summed E-state index contributed by atoms with van der Waals surface area (Å²) in [7, 11) is 0. The molecule has 0 aromatic heterocycles. The van der Waals surface area contributed by atoms with Crippen LogP contribution in [-0.2, 0) is 37.7 Å². The summed E-state index contributed by atoms with van der Waals surface area (Å²) in [6.07, 6.45) is 1.14. The highest BCUT2D eigenvalue weighted by Gasteiger charge is 2.53. The summed E-state index contributed by atoms with van der Waals surface area (Å²) in [6.45, 7) is 3.53. The highest BCUT2D eigenvalue weighted by atomic mass is 16.6. The molecular weight excluding hydrogens is 606 g/mol. The molecule has 244 valence electrons. The zero-order chi connectivity index (χ0) is 33.5. The number of aromatic hydroxyl groups is 2. The van der Waals surface area contributed by atoms with Gasteiger partial charge in [-0.15, -0.1) is 0 Å². The number of hydrogen-bond acceptors (Lipinski definition) is 10. The maximum absolute atomic E-state index is 13.1. The largest absolute Gasteiger partial charge is 0.508 e. The van der Waals surface area contributed by atoms with Crippen LogP contribution < -0.4 is 20.7 Å². The van der Waals surface area contributed by atoms with Gasteiger partial charge >= 0.3 is 12.0 Å². The maximum Gasteiger partial charge on any atom is 0.339 e. The number of carbonyl (C=O) groups is 5. The van der Waals surface area contributed by atoms with Gasteiger partial charge in [-0.05, 0) is 48.6 Å². The summed E-state index contributed by atoms with van der Waals surface area (Å²) in [5.74, 6) is -1.93. The lowest BCUT2D eigenvalue weighted by Crippen LogP contribution is -2.64. The average Bonchev–Trinajstić information content (AvgIpc) is 3.23. The van der Waals surface area contributed by atoms with E-state index in [0.29, 0.717) is 40.0 Å². The first kappa shape index (κ1) is 31.7. The van der Waals surface area contributed by atoms with Crippen molar-refractivity contribution in [3.8, 4) is 23.0 Å². The molecule has 3 aromatic carbocycles. The van der Waals surface area contributed by atoms with E-state index in [0.717, 1.165) is 0 Å². The summed E-state index contributed by atoms with van der Waals surface area (Å²) in [4.78, 5) is 63.3. The molecule has 2 atom stereocenters. The van der Waals surface area contributed by atoms with E-state index in [9.17, 15) is 34.2 Å². The monoisotopic (exact) mass is 641 g/mol. The predicted molar refractivity (Wildman–Crippen MR) is 167 cm³/mol. The van der Waals surface area contributed by atoms with Crippen molar-refractivity contribution >= 4 is 29.6 Å². The van der Waals surface area contributed by atoms with Gasteiger partial charge in [-0.1, -0.05) is 44.5 Å². The Morgan fingerprint density at radius 1 is 1.00 bits per heavy atom. The van der Waals surface area contributed by atoms with E-state index in [-0.39, 0.29) is 67.7 Å². The molecule has 47 heavy (non-hydrogen) atoms. The molecule has 2 unspecified atom stereocenters. The molecule has 4 amide bonds. The molecule has 3 aliphatic heterocycles. The molecule has 3 aromatic rings.